The number of benzene rings is 1. The smallest absolute Gasteiger partial charge is 0.144 e. The third kappa shape index (κ3) is 2.12. The molecular formula is C15H20N3O2. The summed E-state index contributed by atoms with van der Waals surface area (Å²) in [6.07, 6.45) is 3.80. The van der Waals surface area contributed by atoms with Crippen LogP contribution >= 0.6 is 0 Å². The Bertz CT molecular complexity index is 636. The molecule has 0 aliphatic heterocycles. The normalized spacial score (nSPS) is 22.8. The number of hydrogen-bond acceptors (Lipinski definition) is 4. The van der Waals surface area contributed by atoms with Gasteiger partial charge in [-0.1, -0.05) is 0 Å². The second-order valence-electron chi connectivity index (χ2n) is 5.94. The highest BCUT2D eigenvalue weighted by Gasteiger charge is 2.40. The van der Waals surface area contributed by atoms with E-state index in [-0.39, 0.29) is 5.92 Å². The van der Waals surface area contributed by atoms with Gasteiger partial charge in [0.15, 0.2) is 0 Å². The highest BCUT2D eigenvalue weighted by Crippen LogP contribution is 2.43. The van der Waals surface area contributed by atoms with Crippen LogP contribution in [0.5, 0.6) is 5.75 Å². The van der Waals surface area contributed by atoms with Crippen molar-refractivity contribution in [3.05, 3.63) is 25.3 Å². The van der Waals surface area contributed by atoms with Gasteiger partial charge in [0.1, 0.15) is 5.75 Å². The van der Waals surface area contributed by atoms with Gasteiger partial charge in [-0.15, -0.1) is 0 Å². The zero-order chi connectivity index (χ0) is 14.5. The highest BCUT2D eigenvalue weighted by molar-refractivity contribution is 5.84. The summed E-state index contributed by atoms with van der Waals surface area (Å²) in [5, 5.41) is 15.5. The summed E-state index contributed by atoms with van der Waals surface area (Å²) in [4.78, 5) is 0. The van der Waals surface area contributed by atoms with Crippen molar-refractivity contribution in [2.75, 3.05) is 12.8 Å². The largest absolute Gasteiger partial charge is 0.495 e. The van der Waals surface area contributed by atoms with Crippen molar-refractivity contribution >= 4 is 16.6 Å². The summed E-state index contributed by atoms with van der Waals surface area (Å²) in [5.74, 6) is 0.884. The van der Waals surface area contributed by atoms with Gasteiger partial charge in [0.05, 0.1) is 30.0 Å². The number of rotatable bonds is 3. The molecule has 5 heteroatoms. The minimum absolute atomic E-state index is 0.236. The zero-order valence-electron chi connectivity index (χ0n) is 11.8. The molecule has 1 aromatic heterocycles. The quantitative estimate of drug-likeness (QED) is 0.841. The minimum Gasteiger partial charge on any atom is -0.495 e. The van der Waals surface area contributed by atoms with Gasteiger partial charge in [0, 0.05) is 17.6 Å². The van der Waals surface area contributed by atoms with Gasteiger partial charge in [-0.2, -0.15) is 5.10 Å². The van der Waals surface area contributed by atoms with Crippen LogP contribution < -0.4 is 10.5 Å². The number of fused-ring (bicyclic) bond motifs is 1. The fourth-order valence-corrected chi connectivity index (χ4v) is 2.76. The number of hydrogen-bond donors (Lipinski definition) is 2. The summed E-state index contributed by atoms with van der Waals surface area (Å²) in [7, 11) is 1.60. The van der Waals surface area contributed by atoms with E-state index in [9.17, 15) is 5.11 Å². The number of aliphatic hydroxyl groups is 1. The molecule has 2 aromatic rings. The SMILES string of the molecule is [CH2]C(C)(O)C1CC(n2cc3cc(N)c(OC)cc3n2)C1. The zero-order valence-corrected chi connectivity index (χ0v) is 11.8. The van der Waals surface area contributed by atoms with Crippen LogP contribution in [0.3, 0.4) is 0 Å². The van der Waals surface area contributed by atoms with E-state index < -0.39 is 5.60 Å². The molecule has 1 unspecified atom stereocenters. The van der Waals surface area contributed by atoms with E-state index in [1.54, 1.807) is 14.0 Å². The van der Waals surface area contributed by atoms with Crippen LogP contribution in [0.15, 0.2) is 18.3 Å². The standard InChI is InChI=1S/C15H20N3O2/c1-15(2,19)10-5-11(6-10)18-8-9-4-12(16)14(20-3)7-13(9)17-18/h4,7-8,10-11,19H,1,5-6,16H2,2-3H3. The number of aromatic nitrogens is 2. The first-order valence-electron chi connectivity index (χ1n) is 6.78. The molecule has 1 aliphatic carbocycles. The lowest BCUT2D eigenvalue weighted by atomic mass is 9.71. The maximum Gasteiger partial charge on any atom is 0.144 e. The molecule has 5 nitrogen and oxygen atoms in total. The Morgan fingerprint density at radius 2 is 2.20 bits per heavy atom. The van der Waals surface area contributed by atoms with E-state index in [1.807, 2.05) is 23.0 Å². The highest BCUT2D eigenvalue weighted by atomic mass is 16.5. The summed E-state index contributed by atoms with van der Waals surface area (Å²) in [5.41, 5.74) is 6.55. The summed E-state index contributed by atoms with van der Waals surface area (Å²) >= 11 is 0. The molecule has 20 heavy (non-hydrogen) atoms. The first-order valence-corrected chi connectivity index (χ1v) is 6.78. The Balaban J connectivity index is 1.84. The Morgan fingerprint density at radius 1 is 1.50 bits per heavy atom. The average molecular weight is 274 g/mol. The lowest BCUT2D eigenvalue weighted by Crippen LogP contribution is -2.41. The lowest BCUT2D eigenvalue weighted by Gasteiger charge is -2.42. The number of methoxy groups -OCH3 is 1. The molecule has 0 bridgehead atoms. The monoisotopic (exact) mass is 274 g/mol. The van der Waals surface area contributed by atoms with Crippen LogP contribution in [0.25, 0.3) is 10.9 Å². The Labute approximate surface area is 118 Å². The molecule has 0 spiro atoms. The molecule has 0 saturated heterocycles. The molecule has 1 heterocycles. The fraction of sp³-hybridized carbons (Fsp3) is 0.467. The van der Waals surface area contributed by atoms with Crippen LogP contribution in [-0.4, -0.2) is 27.6 Å². The number of nitrogen functional groups attached to an aromatic ring is 1. The van der Waals surface area contributed by atoms with Crippen molar-refractivity contribution in [2.24, 2.45) is 5.92 Å². The molecule has 3 N–H and O–H groups in total. The van der Waals surface area contributed by atoms with Gasteiger partial charge in [0.25, 0.3) is 0 Å². The van der Waals surface area contributed by atoms with E-state index in [4.69, 9.17) is 10.5 Å². The third-order valence-corrected chi connectivity index (χ3v) is 4.24. The predicted octanol–water partition coefficient (Wildman–Crippen LogP) is 2.16. The van der Waals surface area contributed by atoms with Crippen molar-refractivity contribution in [3.8, 4) is 5.75 Å². The molecule has 1 fully saturated rings. The van der Waals surface area contributed by atoms with Gasteiger partial charge in [0.2, 0.25) is 0 Å². The second-order valence-corrected chi connectivity index (χ2v) is 5.94. The van der Waals surface area contributed by atoms with Crippen LogP contribution in [-0.2, 0) is 0 Å². The molecule has 1 radical (unpaired) electrons. The van der Waals surface area contributed by atoms with Gasteiger partial charge < -0.3 is 15.6 Å². The first-order chi connectivity index (χ1) is 9.38. The van der Waals surface area contributed by atoms with Crippen molar-refractivity contribution < 1.29 is 9.84 Å². The number of anilines is 1. The minimum atomic E-state index is -0.850. The number of nitrogens with two attached hydrogens (primary N) is 1. The van der Waals surface area contributed by atoms with Crippen molar-refractivity contribution in [1.29, 1.82) is 0 Å². The Hall–Kier alpha value is -1.75. The Kier molecular flexibility index (Phi) is 2.90. The van der Waals surface area contributed by atoms with E-state index in [2.05, 4.69) is 12.0 Å². The maximum atomic E-state index is 9.87. The molecule has 0 amide bonds. The van der Waals surface area contributed by atoms with Crippen molar-refractivity contribution in [1.82, 2.24) is 9.78 Å². The molecule has 107 valence electrons. The van der Waals surface area contributed by atoms with Crippen LogP contribution in [0, 0.1) is 12.8 Å². The van der Waals surface area contributed by atoms with Crippen LogP contribution in [0.1, 0.15) is 25.8 Å². The maximum absolute atomic E-state index is 9.87. The summed E-state index contributed by atoms with van der Waals surface area (Å²) in [6.45, 7) is 5.55. The van der Waals surface area contributed by atoms with E-state index in [0.717, 1.165) is 23.7 Å². The topological polar surface area (TPSA) is 73.3 Å². The van der Waals surface area contributed by atoms with Crippen LogP contribution in [0.4, 0.5) is 5.69 Å². The number of nitrogens with zero attached hydrogens (tertiary/aromatic N) is 2. The molecule has 1 atom stereocenters. The molecular weight excluding hydrogens is 254 g/mol. The van der Waals surface area contributed by atoms with Gasteiger partial charge in [-0.05, 0) is 38.7 Å². The summed E-state index contributed by atoms with van der Waals surface area (Å²) in [6, 6.07) is 4.06. The van der Waals surface area contributed by atoms with Crippen LogP contribution in [0.2, 0.25) is 0 Å². The van der Waals surface area contributed by atoms with Gasteiger partial charge in [-0.25, -0.2) is 0 Å². The first kappa shape index (κ1) is 13.2. The van der Waals surface area contributed by atoms with E-state index in [0.29, 0.717) is 17.5 Å². The summed E-state index contributed by atoms with van der Waals surface area (Å²) < 4.78 is 7.17. The van der Waals surface area contributed by atoms with Gasteiger partial charge in [-0.3, -0.25) is 4.68 Å². The van der Waals surface area contributed by atoms with E-state index in [1.165, 1.54) is 0 Å². The van der Waals surface area contributed by atoms with Crippen molar-refractivity contribution in [3.63, 3.8) is 0 Å². The van der Waals surface area contributed by atoms with E-state index >= 15 is 0 Å². The van der Waals surface area contributed by atoms with Crippen molar-refractivity contribution in [2.45, 2.75) is 31.4 Å². The molecule has 1 aliphatic rings. The molecule has 1 saturated carbocycles. The second kappa shape index (κ2) is 4.38. The molecule has 3 rings (SSSR count). The number of ether oxygens (including phenoxy) is 1. The Morgan fingerprint density at radius 3 is 2.80 bits per heavy atom. The fourth-order valence-electron chi connectivity index (χ4n) is 2.76. The molecule has 1 aromatic carbocycles. The predicted molar refractivity (Wildman–Crippen MR) is 78.4 cm³/mol. The lowest BCUT2D eigenvalue weighted by molar-refractivity contribution is -0.0210. The average Bonchev–Trinajstić information content (AvgIpc) is 2.65. The third-order valence-electron chi connectivity index (χ3n) is 4.24. The van der Waals surface area contributed by atoms with Gasteiger partial charge >= 0.3 is 0 Å².